The van der Waals surface area contributed by atoms with E-state index in [0.29, 0.717) is 17.0 Å². The number of halogens is 1. The van der Waals surface area contributed by atoms with Gasteiger partial charge in [0.05, 0.1) is 16.8 Å². The number of pyridine rings is 1. The van der Waals surface area contributed by atoms with Gasteiger partial charge in [-0.15, -0.1) is 0 Å². The summed E-state index contributed by atoms with van der Waals surface area (Å²) in [5, 5.41) is 15.8. The van der Waals surface area contributed by atoms with Crippen molar-refractivity contribution in [1.29, 1.82) is 0 Å². The molecular formula is C21H25ClN4O2. The monoisotopic (exact) mass is 400 g/mol. The van der Waals surface area contributed by atoms with Crippen LogP contribution in [0, 0.1) is 0 Å². The number of aromatic carboxylic acids is 1. The molecule has 0 spiro atoms. The molecule has 1 N–H and O–H groups in total. The number of rotatable bonds is 9. The molecule has 2 heterocycles. The van der Waals surface area contributed by atoms with Crippen molar-refractivity contribution in [3.05, 3.63) is 58.5 Å². The van der Waals surface area contributed by atoms with E-state index in [1.807, 2.05) is 22.9 Å². The van der Waals surface area contributed by atoms with Gasteiger partial charge in [0.1, 0.15) is 0 Å². The van der Waals surface area contributed by atoms with Crippen LogP contribution in [0.5, 0.6) is 0 Å². The molecule has 0 bridgehead atoms. The molecule has 0 atom stereocenters. The van der Waals surface area contributed by atoms with Gasteiger partial charge in [-0.3, -0.25) is 9.67 Å². The summed E-state index contributed by atoms with van der Waals surface area (Å²) >= 11 is 6.21. The Kier molecular flexibility index (Phi) is 6.65. The zero-order chi connectivity index (χ0) is 20.1. The number of aryl methyl sites for hydroxylation is 1. The molecule has 0 radical (unpaired) electrons. The highest BCUT2D eigenvalue weighted by atomic mass is 35.5. The minimum absolute atomic E-state index is 0.253. The largest absolute Gasteiger partial charge is 0.478 e. The lowest BCUT2D eigenvalue weighted by atomic mass is 10.0. The summed E-state index contributed by atoms with van der Waals surface area (Å²) in [4.78, 5) is 17.8. The third-order valence-electron chi connectivity index (χ3n) is 4.76. The van der Waals surface area contributed by atoms with Gasteiger partial charge in [0.15, 0.2) is 0 Å². The van der Waals surface area contributed by atoms with E-state index in [-0.39, 0.29) is 5.56 Å². The zero-order valence-electron chi connectivity index (χ0n) is 16.2. The molecule has 2 aromatic heterocycles. The minimum Gasteiger partial charge on any atom is -0.478 e. The Bertz CT molecular complexity index is 968. The summed E-state index contributed by atoms with van der Waals surface area (Å²) in [5.74, 6) is -0.958. The number of unbranched alkanes of at least 4 members (excludes halogenated alkanes) is 2. The Morgan fingerprint density at radius 1 is 1.21 bits per heavy atom. The molecule has 3 rings (SSSR count). The highest BCUT2D eigenvalue weighted by Crippen LogP contribution is 2.26. The number of carboxylic acids is 1. The second-order valence-corrected chi connectivity index (χ2v) is 7.65. The Balaban J connectivity index is 1.85. The molecular weight excluding hydrogens is 376 g/mol. The number of nitrogens with zero attached hydrogens (tertiary/aromatic N) is 4. The molecule has 6 nitrogen and oxygen atoms in total. The van der Waals surface area contributed by atoms with E-state index in [1.54, 1.807) is 6.20 Å². The van der Waals surface area contributed by atoms with E-state index in [1.165, 1.54) is 12.3 Å². The van der Waals surface area contributed by atoms with Crippen LogP contribution in [0.1, 0.15) is 40.9 Å². The number of benzene rings is 1. The minimum atomic E-state index is -0.958. The molecule has 0 aliphatic carbocycles. The fraction of sp³-hybridized carbons (Fsp3) is 0.381. The van der Waals surface area contributed by atoms with Crippen molar-refractivity contribution < 1.29 is 9.90 Å². The number of hydrogen-bond acceptors (Lipinski definition) is 4. The molecule has 7 heteroatoms. The van der Waals surface area contributed by atoms with Gasteiger partial charge in [0, 0.05) is 35.8 Å². The Morgan fingerprint density at radius 3 is 2.79 bits per heavy atom. The van der Waals surface area contributed by atoms with Crippen molar-refractivity contribution in [3.8, 4) is 0 Å². The average molecular weight is 401 g/mol. The number of carboxylic acid groups (broad SMARTS) is 1. The smallest absolute Gasteiger partial charge is 0.336 e. The van der Waals surface area contributed by atoms with Crippen LogP contribution in [-0.4, -0.2) is 51.4 Å². The standard InChI is InChI=1S/C21H25ClN4O2/c1-25(2)10-4-3-5-11-26-20-7-6-16(22)13-18(20)19(24-26)12-15-14-23-9-8-17(15)21(27)28/h6-9,13-14H,3-5,10-12H2,1-2H3,(H,27,28). The summed E-state index contributed by atoms with van der Waals surface area (Å²) < 4.78 is 2.01. The maximum Gasteiger partial charge on any atom is 0.336 e. The predicted octanol–water partition coefficient (Wildman–Crippen LogP) is 4.11. The summed E-state index contributed by atoms with van der Waals surface area (Å²) in [5.41, 5.74) is 2.74. The highest BCUT2D eigenvalue weighted by Gasteiger charge is 2.16. The molecule has 1 aromatic carbocycles. The van der Waals surface area contributed by atoms with Crippen LogP contribution in [0.2, 0.25) is 5.02 Å². The lowest BCUT2D eigenvalue weighted by Gasteiger charge is -2.09. The van der Waals surface area contributed by atoms with E-state index in [4.69, 9.17) is 16.7 Å². The molecule has 0 saturated heterocycles. The maximum atomic E-state index is 11.5. The van der Waals surface area contributed by atoms with Crippen molar-refractivity contribution in [2.45, 2.75) is 32.2 Å². The summed E-state index contributed by atoms with van der Waals surface area (Å²) in [6.07, 6.45) is 6.82. The Morgan fingerprint density at radius 2 is 2.04 bits per heavy atom. The molecule has 0 amide bonds. The summed E-state index contributed by atoms with van der Waals surface area (Å²) in [6, 6.07) is 7.27. The first-order chi connectivity index (χ1) is 13.5. The first-order valence-electron chi connectivity index (χ1n) is 9.41. The van der Waals surface area contributed by atoms with Gasteiger partial charge < -0.3 is 10.0 Å². The Labute approximate surface area is 169 Å². The van der Waals surface area contributed by atoms with Crippen LogP contribution < -0.4 is 0 Å². The molecule has 0 unspecified atom stereocenters. The predicted molar refractivity (Wildman–Crippen MR) is 111 cm³/mol. The van der Waals surface area contributed by atoms with E-state index >= 15 is 0 Å². The highest BCUT2D eigenvalue weighted by molar-refractivity contribution is 6.31. The molecule has 0 saturated carbocycles. The molecule has 0 fully saturated rings. The topological polar surface area (TPSA) is 71.2 Å². The van der Waals surface area contributed by atoms with Crippen molar-refractivity contribution in [2.75, 3.05) is 20.6 Å². The van der Waals surface area contributed by atoms with Gasteiger partial charge in [-0.05, 0) is 63.3 Å². The van der Waals surface area contributed by atoms with Crippen LogP contribution in [0.4, 0.5) is 0 Å². The maximum absolute atomic E-state index is 11.5. The third-order valence-corrected chi connectivity index (χ3v) is 4.99. The molecule has 3 aromatic rings. The van der Waals surface area contributed by atoms with Gasteiger partial charge in [0.2, 0.25) is 0 Å². The lowest BCUT2D eigenvalue weighted by molar-refractivity contribution is 0.0695. The lowest BCUT2D eigenvalue weighted by Crippen LogP contribution is -2.13. The molecule has 28 heavy (non-hydrogen) atoms. The second kappa shape index (κ2) is 9.17. The van der Waals surface area contributed by atoms with Crippen LogP contribution >= 0.6 is 11.6 Å². The number of aromatic nitrogens is 3. The first kappa shape index (κ1) is 20.3. The van der Waals surface area contributed by atoms with Crippen LogP contribution in [0.15, 0.2) is 36.7 Å². The van der Waals surface area contributed by atoms with Gasteiger partial charge in [-0.2, -0.15) is 5.10 Å². The van der Waals surface area contributed by atoms with Crippen molar-refractivity contribution >= 4 is 28.5 Å². The van der Waals surface area contributed by atoms with Crippen LogP contribution in [0.25, 0.3) is 10.9 Å². The SMILES string of the molecule is CN(C)CCCCCn1nc(Cc2cnccc2C(=O)O)c2cc(Cl)ccc21. The van der Waals surface area contributed by atoms with E-state index in [9.17, 15) is 9.90 Å². The quantitative estimate of drug-likeness (QED) is 0.547. The van der Waals surface area contributed by atoms with E-state index < -0.39 is 5.97 Å². The first-order valence-corrected chi connectivity index (χ1v) is 9.79. The number of carbonyl (C=O) groups is 1. The van der Waals surface area contributed by atoms with Gasteiger partial charge in [-0.25, -0.2) is 4.79 Å². The normalized spacial score (nSPS) is 11.4. The third kappa shape index (κ3) is 4.88. The van der Waals surface area contributed by atoms with Crippen molar-refractivity contribution in [3.63, 3.8) is 0 Å². The average Bonchev–Trinajstić information content (AvgIpc) is 2.98. The van der Waals surface area contributed by atoms with Crippen molar-refractivity contribution in [1.82, 2.24) is 19.7 Å². The summed E-state index contributed by atoms with van der Waals surface area (Å²) in [6.45, 7) is 1.91. The van der Waals surface area contributed by atoms with Gasteiger partial charge >= 0.3 is 5.97 Å². The Hall–Kier alpha value is -2.44. The van der Waals surface area contributed by atoms with Crippen LogP contribution in [-0.2, 0) is 13.0 Å². The molecule has 148 valence electrons. The summed E-state index contributed by atoms with van der Waals surface area (Å²) in [7, 11) is 4.17. The molecule has 0 aliphatic rings. The van der Waals surface area contributed by atoms with E-state index in [0.717, 1.165) is 48.9 Å². The van der Waals surface area contributed by atoms with Crippen molar-refractivity contribution in [2.24, 2.45) is 0 Å². The zero-order valence-corrected chi connectivity index (χ0v) is 17.0. The fourth-order valence-corrected chi connectivity index (χ4v) is 3.51. The fourth-order valence-electron chi connectivity index (χ4n) is 3.34. The van der Waals surface area contributed by atoms with Gasteiger partial charge in [0.25, 0.3) is 0 Å². The van der Waals surface area contributed by atoms with Gasteiger partial charge in [-0.1, -0.05) is 18.0 Å². The number of fused-ring (bicyclic) bond motifs is 1. The van der Waals surface area contributed by atoms with E-state index in [2.05, 4.69) is 24.0 Å². The van der Waals surface area contributed by atoms with Crippen LogP contribution in [0.3, 0.4) is 0 Å². The second-order valence-electron chi connectivity index (χ2n) is 7.21. The number of hydrogen-bond donors (Lipinski definition) is 1. The molecule has 0 aliphatic heterocycles.